The van der Waals surface area contributed by atoms with Crippen molar-refractivity contribution < 1.29 is 24.9 Å². The molecule has 1 aliphatic rings. The largest absolute Gasteiger partial charge is 0.393 e. The van der Waals surface area contributed by atoms with Crippen LogP contribution in [0.5, 0.6) is 0 Å². The fourth-order valence-electron chi connectivity index (χ4n) is 3.22. The summed E-state index contributed by atoms with van der Waals surface area (Å²) in [7, 11) is 0. The molecule has 4 N–H and O–H groups in total. The summed E-state index contributed by atoms with van der Waals surface area (Å²) in [4.78, 5) is 12.3. The van der Waals surface area contributed by atoms with Gasteiger partial charge in [-0.25, -0.2) is 0 Å². The molecular weight excluding hydrogens is 346 g/mol. The molecule has 0 bridgehead atoms. The first-order valence-corrected chi connectivity index (χ1v) is 9.16. The van der Waals surface area contributed by atoms with Crippen LogP contribution in [0.4, 0.5) is 0 Å². The van der Waals surface area contributed by atoms with E-state index in [0.717, 1.165) is 11.1 Å². The summed E-state index contributed by atoms with van der Waals surface area (Å²) in [5.74, 6) is -0.216. The van der Waals surface area contributed by atoms with E-state index < -0.39 is 24.6 Å². The summed E-state index contributed by atoms with van der Waals surface area (Å²) in [5, 5.41) is 32.1. The first-order valence-electron chi connectivity index (χ1n) is 9.16. The number of aliphatic hydroxyl groups excluding tert-OH is 3. The molecule has 144 valence electrons. The van der Waals surface area contributed by atoms with Gasteiger partial charge in [0.05, 0.1) is 18.3 Å². The fourth-order valence-corrected chi connectivity index (χ4v) is 3.22. The van der Waals surface area contributed by atoms with Crippen molar-refractivity contribution in [2.24, 2.45) is 0 Å². The zero-order valence-electron chi connectivity index (χ0n) is 15.0. The van der Waals surface area contributed by atoms with Crippen molar-refractivity contribution in [3.63, 3.8) is 0 Å². The monoisotopic (exact) mass is 371 g/mol. The van der Waals surface area contributed by atoms with E-state index in [1.165, 1.54) is 0 Å². The van der Waals surface area contributed by atoms with Crippen molar-refractivity contribution in [3.05, 3.63) is 60.2 Å². The molecule has 2 aromatic rings. The smallest absolute Gasteiger partial charge is 0.251 e. The van der Waals surface area contributed by atoms with Gasteiger partial charge in [-0.1, -0.05) is 42.5 Å². The number of amides is 1. The molecule has 4 atom stereocenters. The lowest BCUT2D eigenvalue weighted by Crippen LogP contribution is -2.43. The maximum Gasteiger partial charge on any atom is 0.251 e. The molecule has 1 saturated heterocycles. The number of benzene rings is 2. The lowest BCUT2D eigenvalue weighted by atomic mass is 9.99. The van der Waals surface area contributed by atoms with E-state index in [-0.39, 0.29) is 31.7 Å². The number of hydrogen-bond acceptors (Lipinski definition) is 5. The molecule has 3 rings (SSSR count). The van der Waals surface area contributed by atoms with Crippen LogP contribution < -0.4 is 5.32 Å². The standard InChI is InChI=1S/C21H25NO5/c23-17-12-19(27-20(25)13-17)18(24)10-11-22-21(26)16-8-6-15(7-9-16)14-4-2-1-3-5-14/h1-9,17-20,23-25H,10-13H2,(H,22,26). The van der Waals surface area contributed by atoms with E-state index in [4.69, 9.17) is 4.74 Å². The highest BCUT2D eigenvalue weighted by Gasteiger charge is 2.31. The topological polar surface area (TPSA) is 99.0 Å². The molecule has 2 aromatic carbocycles. The van der Waals surface area contributed by atoms with Gasteiger partial charge in [0.2, 0.25) is 0 Å². The number of nitrogens with one attached hydrogen (secondary N) is 1. The van der Waals surface area contributed by atoms with Gasteiger partial charge in [-0.05, 0) is 29.7 Å². The first kappa shape index (κ1) is 19.5. The number of rotatable bonds is 6. The first-order chi connectivity index (χ1) is 13.0. The highest BCUT2D eigenvalue weighted by Crippen LogP contribution is 2.22. The molecule has 0 spiro atoms. The number of hydrogen-bond donors (Lipinski definition) is 4. The number of aliphatic hydroxyl groups is 3. The van der Waals surface area contributed by atoms with Gasteiger partial charge in [-0.15, -0.1) is 0 Å². The molecular formula is C21H25NO5. The van der Waals surface area contributed by atoms with Crippen molar-refractivity contribution >= 4 is 5.91 Å². The van der Waals surface area contributed by atoms with Crippen LogP contribution >= 0.6 is 0 Å². The molecule has 1 amide bonds. The van der Waals surface area contributed by atoms with Gasteiger partial charge in [-0.2, -0.15) is 0 Å². The third kappa shape index (κ3) is 5.37. The number of carbonyl (C=O) groups is 1. The van der Waals surface area contributed by atoms with Crippen LogP contribution in [0.2, 0.25) is 0 Å². The van der Waals surface area contributed by atoms with Crippen LogP contribution in [0.3, 0.4) is 0 Å². The molecule has 27 heavy (non-hydrogen) atoms. The highest BCUT2D eigenvalue weighted by atomic mass is 16.6. The summed E-state index contributed by atoms with van der Waals surface area (Å²) in [6.07, 6.45) is -2.55. The van der Waals surface area contributed by atoms with Gasteiger partial charge in [-0.3, -0.25) is 4.79 Å². The van der Waals surface area contributed by atoms with Crippen molar-refractivity contribution in [2.45, 2.75) is 43.9 Å². The zero-order chi connectivity index (χ0) is 19.2. The molecule has 0 saturated carbocycles. The Morgan fingerprint density at radius 3 is 2.37 bits per heavy atom. The molecule has 1 fully saturated rings. The minimum absolute atomic E-state index is 0.152. The molecule has 6 heteroatoms. The SMILES string of the molecule is O=C(NCCC(O)C1CC(O)CC(O)O1)c1ccc(-c2ccccc2)cc1. The molecule has 1 heterocycles. The minimum atomic E-state index is -1.06. The van der Waals surface area contributed by atoms with Gasteiger partial charge in [0, 0.05) is 24.9 Å². The maximum atomic E-state index is 12.3. The van der Waals surface area contributed by atoms with Crippen LogP contribution in [0, 0.1) is 0 Å². The predicted molar refractivity (Wildman–Crippen MR) is 101 cm³/mol. The summed E-state index contributed by atoms with van der Waals surface area (Å²) in [6, 6.07) is 17.3. The van der Waals surface area contributed by atoms with Crippen LogP contribution in [0.15, 0.2) is 54.6 Å². The Labute approximate surface area is 158 Å². The average Bonchev–Trinajstić information content (AvgIpc) is 2.68. The third-order valence-corrected chi connectivity index (χ3v) is 4.72. The van der Waals surface area contributed by atoms with Gasteiger partial charge in [0.15, 0.2) is 6.29 Å². The van der Waals surface area contributed by atoms with Crippen molar-refractivity contribution in [1.82, 2.24) is 5.32 Å². The third-order valence-electron chi connectivity index (χ3n) is 4.72. The van der Waals surface area contributed by atoms with E-state index in [9.17, 15) is 20.1 Å². The van der Waals surface area contributed by atoms with Crippen molar-refractivity contribution in [3.8, 4) is 11.1 Å². The minimum Gasteiger partial charge on any atom is -0.393 e. The average molecular weight is 371 g/mol. The lowest BCUT2D eigenvalue weighted by Gasteiger charge is -2.33. The zero-order valence-corrected chi connectivity index (χ0v) is 15.0. The summed E-state index contributed by atoms with van der Waals surface area (Å²) >= 11 is 0. The van der Waals surface area contributed by atoms with Crippen LogP contribution in [0.25, 0.3) is 11.1 Å². The maximum absolute atomic E-state index is 12.3. The van der Waals surface area contributed by atoms with Crippen LogP contribution in [-0.2, 0) is 4.74 Å². The lowest BCUT2D eigenvalue weighted by molar-refractivity contribution is -0.212. The van der Waals surface area contributed by atoms with Gasteiger partial charge < -0.3 is 25.4 Å². The summed E-state index contributed by atoms with van der Waals surface area (Å²) in [6.45, 7) is 0.270. The molecule has 1 aliphatic heterocycles. The Balaban J connectivity index is 1.48. The van der Waals surface area contributed by atoms with Crippen LogP contribution in [0.1, 0.15) is 29.6 Å². The van der Waals surface area contributed by atoms with E-state index >= 15 is 0 Å². The Kier molecular flexibility index (Phi) is 6.58. The number of carbonyl (C=O) groups excluding carboxylic acids is 1. The summed E-state index contributed by atoms with van der Waals surface area (Å²) in [5.41, 5.74) is 2.67. The fraction of sp³-hybridized carbons (Fsp3) is 0.381. The van der Waals surface area contributed by atoms with Gasteiger partial charge in [0.1, 0.15) is 0 Å². The second-order valence-corrected chi connectivity index (χ2v) is 6.81. The molecule has 0 aliphatic carbocycles. The van der Waals surface area contributed by atoms with Gasteiger partial charge in [0.25, 0.3) is 5.91 Å². The van der Waals surface area contributed by atoms with E-state index in [0.29, 0.717) is 5.56 Å². The Bertz CT molecular complexity index is 724. The Hall–Kier alpha value is -2.25. The van der Waals surface area contributed by atoms with Crippen molar-refractivity contribution in [1.29, 1.82) is 0 Å². The molecule has 0 radical (unpaired) electrons. The Morgan fingerprint density at radius 2 is 1.70 bits per heavy atom. The quantitative estimate of drug-likeness (QED) is 0.619. The highest BCUT2D eigenvalue weighted by molar-refractivity contribution is 5.94. The molecule has 4 unspecified atom stereocenters. The van der Waals surface area contributed by atoms with E-state index in [2.05, 4.69) is 5.32 Å². The second kappa shape index (κ2) is 9.10. The summed E-state index contributed by atoms with van der Waals surface area (Å²) < 4.78 is 5.25. The van der Waals surface area contributed by atoms with E-state index in [1.54, 1.807) is 12.1 Å². The number of ether oxygens (including phenoxy) is 1. The second-order valence-electron chi connectivity index (χ2n) is 6.81. The van der Waals surface area contributed by atoms with Gasteiger partial charge >= 0.3 is 0 Å². The Morgan fingerprint density at radius 1 is 1.04 bits per heavy atom. The van der Waals surface area contributed by atoms with E-state index in [1.807, 2.05) is 42.5 Å². The molecule has 6 nitrogen and oxygen atoms in total. The molecule has 0 aromatic heterocycles. The van der Waals surface area contributed by atoms with Crippen molar-refractivity contribution in [2.75, 3.05) is 6.54 Å². The predicted octanol–water partition coefficient (Wildman–Crippen LogP) is 1.69. The normalized spacial score (nSPS) is 23.6. The van der Waals surface area contributed by atoms with Crippen LogP contribution in [-0.4, -0.2) is 52.4 Å².